The van der Waals surface area contributed by atoms with Crippen LogP contribution in [0, 0.1) is 13.8 Å². The molecule has 0 amide bonds. The summed E-state index contributed by atoms with van der Waals surface area (Å²) in [6.07, 6.45) is 0. The molecule has 0 aromatic heterocycles. The third-order valence-corrected chi connectivity index (χ3v) is 4.57. The zero-order chi connectivity index (χ0) is 13.1. The second kappa shape index (κ2) is 5.62. The molecule has 0 fully saturated rings. The van der Waals surface area contributed by atoms with E-state index in [2.05, 4.69) is 70.2 Å². The number of rotatable bonds is 3. The summed E-state index contributed by atoms with van der Waals surface area (Å²) in [5.41, 5.74) is 4.19. The third kappa shape index (κ3) is 2.78. The van der Waals surface area contributed by atoms with Crippen molar-refractivity contribution in [2.24, 2.45) is 0 Å². The van der Waals surface area contributed by atoms with Gasteiger partial charge in [0.05, 0.1) is 0 Å². The Labute approximate surface area is 114 Å². The van der Waals surface area contributed by atoms with Crippen molar-refractivity contribution >= 4 is 11.8 Å². The van der Waals surface area contributed by atoms with Crippen molar-refractivity contribution in [3.63, 3.8) is 0 Å². The summed E-state index contributed by atoms with van der Waals surface area (Å²) in [6, 6.07) is 15.2. The first-order chi connectivity index (χ1) is 8.59. The van der Waals surface area contributed by atoms with E-state index in [1.54, 1.807) is 0 Å². The molecule has 0 atom stereocenters. The largest absolute Gasteiger partial charge is 0.0895 e. The van der Waals surface area contributed by atoms with Gasteiger partial charge in [-0.05, 0) is 48.6 Å². The van der Waals surface area contributed by atoms with Crippen LogP contribution in [0.15, 0.2) is 52.3 Å². The molecule has 0 nitrogen and oxygen atoms in total. The van der Waals surface area contributed by atoms with Crippen LogP contribution in [-0.2, 0) is 0 Å². The Morgan fingerprint density at radius 2 is 1.50 bits per heavy atom. The predicted octanol–water partition coefficient (Wildman–Crippen LogP) is 5.58. The first kappa shape index (κ1) is 13.2. The molecular formula is C17H20S. The Morgan fingerprint density at radius 1 is 0.833 bits per heavy atom. The molecule has 18 heavy (non-hydrogen) atoms. The minimum atomic E-state index is 0.568. The molecule has 0 aliphatic rings. The summed E-state index contributed by atoms with van der Waals surface area (Å²) >= 11 is 1.88. The van der Waals surface area contributed by atoms with Gasteiger partial charge in [0.15, 0.2) is 0 Å². The molecule has 0 bridgehead atoms. The highest BCUT2D eigenvalue weighted by Crippen LogP contribution is 2.35. The lowest BCUT2D eigenvalue weighted by Crippen LogP contribution is -1.91. The van der Waals surface area contributed by atoms with Crippen LogP contribution >= 0.6 is 11.8 Å². The molecule has 2 rings (SSSR count). The van der Waals surface area contributed by atoms with Gasteiger partial charge in [0.25, 0.3) is 0 Å². The van der Waals surface area contributed by atoms with Crippen LogP contribution < -0.4 is 0 Å². The summed E-state index contributed by atoms with van der Waals surface area (Å²) < 4.78 is 0. The zero-order valence-electron chi connectivity index (χ0n) is 11.5. The standard InChI is InChI=1S/C17H20S/c1-12(2)15-9-5-6-10-17(15)18-16-11-7-8-13(3)14(16)4/h5-12H,1-4H3. The summed E-state index contributed by atoms with van der Waals surface area (Å²) in [4.78, 5) is 2.74. The van der Waals surface area contributed by atoms with E-state index in [0.717, 1.165) is 0 Å². The van der Waals surface area contributed by atoms with Gasteiger partial charge in [-0.1, -0.05) is 55.9 Å². The van der Waals surface area contributed by atoms with Crippen molar-refractivity contribution in [2.75, 3.05) is 0 Å². The van der Waals surface area contributed by atoms with Gasteiger partial charge in [-0.15, -0.1) is 0 Å². The van der Waals surface area contributed by atoms with E-state index in [0.29, 0.717) is 5.92 Å². The summed E-state index contributed by atoms with van der Waals surface area (Å²) in [6.45, 7) is 8.88. The molecule has 0 spiro atoms. The van der Waals surface area contributed by atoms with E-state index in [4.69, 9.17) is 0 Å². The van der Waals surface area contributed by atoms with E-state index in [1.165, 1.54) is 26.5 Å². The highest BCUT2D eigenvalue weighted by molar-refractivity contribution is 7.99. The Morgan fingerprint density at radius 3 is 2.22 bits per heavy atom. The van der Waals surface area contributed by atoms with Gasteiger partial charge in [0.1, 0.15) is 0 Å². The van der Waals surface area contributed by atoms with Gasteiger partial charge < -0.3 is 0 Å². The van der Waals surface area contributed by atoms with Crippen LogP contribution in [0.1, 0.15) is 36.5 Å². The molecule has 0 heterocycles. The van der Waals surface area contributed by atoms with Crippen LogP contribution in [0.25, 0.3) is 0 Å². The maximum atomic E-state index is 2.25. The van der Waals surface area contributed by atoms with Crippen LogP contribution in [0.3, 0.4) is 0 Å². The van der Waals surface area contributed by atoms with Crippen molar-refractivity contribution in [3.05, 3.63) is 59.2 Å². The van der Waals surface area contributed by atoms with E-state index in [-0.39, 0.29) is 0 Å². The van der Waals surface area contributed by atoms with Crippen LogP contribution in [0.2, 0.25) is 0 Å². The molecule has 0 saturated heterocycles. The number of hydrogen-bond donors (Lipinski definition) is 0. The fourth-order valence-electron chi connectivity index (χ4n) is 2.00. The lowest BCUT2D eigenvalue weighted by atomic mass is 10.0. The summed E-state index contributed by atoms with van der Waals surface area (Å²) in [5.74, 6) is 0.568. The van der Waals surface area contributed by atoms with Crippen molar-refractivity contribution in [2.45, 2.75) is 43.4 Å². The molecule has 0 saturated carbocycles. The van der Waals surface area contributed by atoms with Crippen molar-refractivity contribution in [1.82, 2.24) is 0 Å². The molecule has 2 aromatic carbocycles. The lowest BCUT2D eigenvalue weighted by molar-refractivity contribution is 0.842. The Hall–Kier alpha value is -1.21. The molecule has 2 aromatic rings. The molecular weight excluding hydrogens is 236 g/mol. The van der Waals surface area contributed by atoms with E-state index >= 15 is 0 Å². The number of aryl methyl sites for hydroxylation is 1. The summed E-state index contributed by atoms with van der Waals surface area (Å²) in [5, 5.41) is 0. The lowest BCUT2D eigenvalue weighted by Gasteiger charge is -2.14. The van der Waals surface area contributed by atoms with Crippen molar-refractivity contribution in [1.29, 1.82) is 0 Å². The molecule has 0 aliphatic carbocycles. The minimum absolute atomic E-state index is 0.568. The van der Waals surface area contributed by atoms with Gasteiger partial charge in [-0.2, -0.15) is 0 Å². The number of benzene rings is 2. The van der Waals surface area contributed by atoms with Crippen LogP contribution in [0.5, 0.6) is 0 Å². The highest BCUT2D eigenvalue weighted by atomic mass is 32.2. The van der Waals surface area contributed by atoms with Gasteiger partial charge >= 0.3 is 0 Å². The molecule has 94 valence electrons. The normalized spacial score (nSPS) is 10.9. The maximum Gasteiger partial charge on any atom is 0.0157 e. The van der Waals surface area contributed by atoms with Gasteiger partial charge in [-0.3, -0.25) is 0 Å². The first-order valence-corrected chi connectivity index (χ1v) is 7.24. The van der Waals surface area contributed by atoms with E-state index < -0.39 is 0 Å². The average molecular weight is 256 g/mol. The third-order valence-electron chi connectivity index (χ3n) is 3.32. The predicted molar refractivity (Wildman–Crippen MR) is 80.6 cm³/mol. The monoisotopic (exact) mass is 256 g/mol. The highest BCUT2D eigenvalue weighted by Gasteiger charge is 2.09. The van der Waals surface area contributed by atoms with E-state index in [1.807, 2.05) is 11.8 Å². The van der Waals surface area contributed by atoms with Gasteiger partial charge in [0.2, 0.25) is 0 Å². The smallest absolute Gasteiger partial charge is 0.0157 e. The second-order valence-corrected chi connectivity index (χ2v) is 6.08. The maximum absolute atomic E-state index is 2.25. The summed E-state index contributed by atoms with van der Waals surface area (Å²) in [7, 11) is 0. The molecule has 1 heteroatoms. The van der Waals surface area contributed by atoms with E-state index in [9.17, 15) is 0 Å². The fourth-order valence-corrected chi connectivity index (χ4v) is 3.27. The van der Waals surface area contributed by atoms with Gasteiger partial charge in [0, 0.05) is 9.79 Å². The minimum Gasteiger partial charge on any atom is -0.0895 e. The Balaban J connectivity index is 2.37. The molecule has 0 aliphatic heterocycles. The quantitative estimate of drug-likeness (QED) is 0.691. The Kier molecular flexibility index (Phi) is 4.13. The SMILES string of the molecule is Cc1cccc(Sc2ccccc2C(C)C)c1C. The molecule has 0 unspecified atom stereocenters. The van der Waals surface area contributed by atoms with Crippen molar-refractivity contribution < 1.29 is 0 Å². The Bertz CT molecular complexity index is 541. The molecule has 0 N–H and O–H groups in total. The zero-order valence-corrected chi connectivity index (χ0v) is 12.3. The second-order valence-electron chi connectivity index (χ2n) is 4.99. The van der Waals surface area contributed by atoms with Crippen LogP contribution in [0.4, 0.5) is 0 Å². The first-order valence-electron chi connectivity index (χ1n) is 6.42. The number of hydrogen-bond acceptors (Lipinski definition) is 1. The fraction of sp³-hybridized carbons (Fsp3) is 0.294. The average Bonchev–Trinajstić information content (AvgIpc) is 2.35. The van der Waals surface area contributed by atoms with Crippen LogP contribution in [-0.4, -0.2) is 0 Å². The topological polar surface area (TPSA) is 0 Å². The van der Waals surface area contributed by atoms with Gasteiger partial charge in [-0.25, -0.2) is 0 Å². The molecule has 0 radical (unpaired) electrons. The van der Waals surface area contributed by atoms with Crippen molar-refractivity contribution in [3.8, 4) is 0 Å².